The van der Waals surface area contributed by atoms with Gasteiger partial charge in [-0.05, 0) is 30.0 Å². The van der Waals surface area contributed by atoms with Crippen LogP contribution in [0.25, 0.3) is 0 Å². The van der Waals surface area contributed by atoms with E-state index in [2.05, 4.69) is 23.6 Å². The van der Waals surface area contributed by atoms with E-state index in [9.17, 15) is 13.2 Å². The fourth-order valence-electron chi connectivity index (χ4n) is 3.15. The molecule has 0 N–H and O–H groups in total. The number of hydrogen-bond acceptors (Lipinski definition) is 1. The van der Waals surface area contributed by atoms with Crippen molar-refractivity contribution in [2.45, 2.75) is 18.5 Å². The molecule has 1 aromatic rings. The third-order valence-corrected chi connectivity index (χ3v) is 4.34. The molecule has 2 aliphatic rings. The first kappa shape index (κ1) is 13.5. The van der Waals surface area contributed by atoms with Crippen LogP contribution in [-0.4, -0.2) is 42.5 Å². The van der Waals surface area contributed by atoms with Gasteiger partial charge in [-0.2, -0.15) is 13.2 Å². The summed E-state index contributed by atoms with van der Waals surface area (Å²) in [5.41, 5.74) is 0.449. The molecule has 1 aliphatic heterocycles. The quantitative estimate of drug-likeness (QED) is 0.757. The van der Waals surface area contributed by atoms with E-state index in [1.807, 2.05) is 0 Å². The van der Waals surface area contributed by atoms with Gasteiger partial charge in [0.15, 0.2) is 0 Å². The van der Waals surface area contributed by atoms with Crippen molar-refractivity contribution in [3.05, 3.63) is 35.4 Å². The Morgan fingerprint density at radius 1 is 1.15 bits per heavy atom. The van der Waals surface area contributed by atoms with Crippen LogP contribution in [0.5, 0.6) is 0 Å². The summed E-state index contributed by atoms with van der Waals surface area (Å²) >= 11 is 0. The molecule has 0 radical (unpaired) electrons. The van der Waals surface area contributed by atoms with Gasteiger partial charge in [-0.3, -0.25) is 9.48 Å². The van der Waals surface area contributed by atoms with E-state index in [4.69, 9.17) is 0 Å². The molecule has 1 heterocycles. The Morgan fingerprint density at radius 3 is 2.30 bits per heavy atom. The van der Waals surface area contributed by atoms with Crippen molar-refractivity contribution in [3.63, 3.8) is 0 Å². The lowest BCUT2D eigenvalue weighted by atomic mass is 10.1. The van der Waals surface area contributed by atoms with Gasteiger partial charge in [-0.15, -0.1) is 0 Å². The largest absolute Gasteiger partial charge is 0.416 e. The van der Waals surface area contributed by atoms with Crippen LogP contribution in [-0.2, 0) is 6.18 Å². The molecule has 1 fully saturated rings. The second-order valence-corrected chi connectivity index (χ2v) is 5.77. The molecule has 2 nitrogen and oxygen atoms in total. The Hall–Kier alpha value is -1.52. The second kappa shape index (κ2) is 4.50. The Labute approximate surface area is 116 Å². The van der Waals surface area contributed by atoms with Crippen molar-refractivity contribution >= 4 is 5.84 Å². The van der Waals surface area contributed by atoms with Crippen LogP contribution in [0.1, 0.15) is 23.5 Å². The van der Waals surface area contributed by atoms with E-state index in [1.54, 1.807) is 12.1 Å². The molecule has 0 unspecified atom stereocenters. The van der Waals surface area contributed by atoms with Crippen LogP contribution in [0.3, 0.4) is 0 Å². The summed E-state index contributed by atoms with van der Waals surface area (Å²) in [5.74, 6) is 2.16. The maximum Gasteiger partial charge on any atom is 0.416 e. The molecule has 0 aromatic heterocycles. The van der Waals surface area contributed by atoms with Gasteiger partial charge in [0, 0.05) is 0 Å². The average Bonchev–Trinajstić information content (AvgIpc) is 3.09. The Kier molecular flexibility index (Phi) is 3.03. The average molecular weight is 283 g/mol. The second-order valence-electron chi connectivity index (χ2n) is 5.77. The summed E-state index contributed by atoms with van der Waals surface area (Å²) in [5, 5.41) is 0. The van der Waals surface area contributed by atoms with E-state index in [-0.39, 0.29) is 0 Å². The minimum atomic E-state index is -4.25. The number of nitrogens with zero attached hydrogens (tertiary/aromatic N) is 2. The Balaban J connectivity index is 1.75. The molecule has 1 aliphatic carbocycles. The normalized spacial score (nSPS) is 26.4. The van der Waals surface area contributed by atoms with E-state index >= 15 is 0 Å². The number of halogens is 3. The van der Waals surface area contributed by atoms with Crippen LogP contribution in [0.4, 0.5) is 13.2 Å². The van der Waals surface area contributed by atoms with Gasteiger partial charge >= 0.3 is 6.18 Å². The summed E-state index contributed by atoms with van der Waals surface area (Å²) in [4.78, 5) is 2.26. The van der Waals surface area contributed by atoms with Crippen LogP contribution in [0.2, 0.25) is 0 Å². The molecular formula is C15H18F3N2+. The van der Waals surface area contributed by atoms with Gasteiger partial charge in [-0.25, -0.2) is 0 Å². The first-order valence-electron chi connectivity index (χ1n) is 6.84. The van der Waals surface area contributed by atoms with Gasteiger partial charge in [0.1, 0.15) is 13.1 Å². The highest BCUT2D eigenvalue weighted by atomic mass is 19.4. The number of benzene rings is 1. The molecule has 2 atom stereocenters. The molecule has 3 rings (SSSR count). The third kappa shape index (κ3) is 2.30. The molecular weight excluding hydrogens is 265 g/mol. The summed E-state index contributed by atoms with van der Waals surface area (Å²) in [6.45, 7) is 2.06. The highest BCUT2D eigenvalue weighted by molar-refractivity contribution is 5.84. The zero-order valence-corrected chi connectivity index (χ0v) is 11.6. The molecule has 0 saturated heterocycles. The Morgan fingerprint density at radius 2 is 1.80 bits per heavy atom. The fraction of sp³-hybridized carbons (Fsp3) is 0.533. The topological polar surface area (TPSA) is 6.25 Å². The first-order chi connectivity index (χ1) is 9.38. The number of rotatable bonds is 2. The lowest BCUT2D eigenvalue weighted by Crippen LogP contribution is -2.27. The monoisotopic (exact) mass is 283 g/mol. The lowest BCUT2D eigenvalue weighted by molar-refractivity contribution is -0.488. The van der Waals surface area contributed by atoms with Crippen molar-refractivity contribution < 1.29 is 17.7 Å². The van der Waals surface area contributed by atoms with Gasteiger partial charge < -0.3 is 0 Å². The predicted molar refractivity (Wildman–Crippen MR) is 71.0 cm³/mol. The van der Waals surface area contributed by atoms with Crippen molar-refractivity contribution in [1.82, 2.24) is 4.90 Å². The maximum absolute atomic E-state index is 12.5. The molecule has 0 spiro atoms. The number of likely N-dealkylation sites (N-methyl/N-ethyl adjacent to an activating group) is 2. The van der Waals surface area contributed by atoms with E-state index < -0.39 is 11.7 Å². The summed E-state index contributed by atoms with van der Waals surface area (Å²) < 4.78 is 39.9. The van der Waals surface area contributed by atoms with Crippen LogP contribution >= 0.6 is 0 Å². The summed E-state index contributed by atoms with van der Waals surface area (Å²) in [7, 11) is 4.17. The standard InChI is InChI=1S/C15H18F3N2/c1-19-7-8-20(2)14(19)13-9-12(13)10-3-5-11(6-4-10)15(16,17)18/h3-6,12-13H,7-9H2,1-2H3/q+1/t12-,13+/m0/s1. The van der Waals surface area contributed by atoms with Crippen molar-refractivity contribution in [2.75, 3.05) is 27.2 Å². The van der Waals surface area contributed by atoms with E-state index in [0.29, 0.717) is 11.8 Å². The van der Waals surface area contributed by atoms with Crippen LogP contribution in [0, 0.1) is 5.92 Å². The van der Waals surface area contributed by atoms with Crippen molar-refractivity contribution in [1.29, 1.82) is 0 Å². The minimum Gasteiger partial charge on any atom is -0.264 e. The van der Waals surface area contributed by atoms with Crippen molar-refractivity contribution in [2.24, 2.45) is 5.92 Å². The van der Waals surface area contributed by atoms with Gasteiger partial charge in [0.2, 0.25) is 5.84 Å². The van der Waals surface area contributed by atoms with E-state index in [1.165, 1.54) is 18.0 Å². The zero-order valence-electron chi connectivity index (χ0n) is 11.6. The zero-order chi connectivity index (χ0) is 14.5. The maximum atomic E-state index is 12.5. The number of amidine groups is 1. The Bertz CT molecular complexity index is 545. The molecule has 0 bridgehead atoms. The van der Waals surface area contributed by atoms with Gasteiger partial charge in [0.05, 0.1) is 25.6 Å². The van der Waals surface area contributed by atoms with E-state index in [0.717, 1.165) is 25.1 Å². The molecule has 1 aromatic carbocycles. The highest BCUT2D eigenvalue weighted by Crippen LogP contribution is 2.49. The minimum absolute atomic E-state index is 0.371. The number of alkyl halides is 3. The van der Waals surface area contributed by atoms with Crippen molar-refractivity contribution in [3.8, 4) is 0 Å². The summed E-state index contributed by atoms with van der Waals surface area (Å²) in [6, 6.07) is 5.64. The number of hydrogen-bond donors (Lipinski definition) is 0. The molecule has 20 heavy (non-hydrogen) atoms. The van der Waals surface area contributed by atoms with Crippen LogP contribution < -0.4 is 0 Å². The molecule has 108 valence electrons. The molecule has 5 heteroatoms. The van der Waals surface area contributed by atoms with Gasteiger partial charge in [-0.1, -0.05) is 12.1 Å². The first-order valence-corrected chi connectivity index (χ1v) is 6.84. The van der Waals surface area contributed by atoms with Gasteiger partial charge in [0.25, 0.3) is 0 Å². The summed E-state index contributed by atoms with van der Waals surface area (Å²) in [6.07, 6.45) is -3.21. The lowest BCUT2D eigenvalue weighted by Gasteiger charge is -2.08. The predicted octanol–water partition coefficient (Wildman–Crippen LogP) is 2.80. The fourth-order valence-corrected chi connectivity index (χ4v) is 3.15. The molecule has 0 amide bonds. The highest BCUT2D eigenvalue weighted by Gasteiger charge is 2.49. The van der Waals surface area contributed by atoms with Crippen LogP contribution in [0.15, 0.2) is 24.3 Å². The SMILES string of the molecule is CN1CC[N+](C)=C1[C@@H]1C[C@H]1c1ccc(C(F)(F)F)cc1. The molecule has 1 saturated carbocycles. The smallest absolute Gasteiger partial charge is 0.264 e. The third-order valence-electron chi connectivity index (χ3n) is 4.34.